The van der Waals surface area contributed by atoms with Gasteiger partial charge in [0.05, 0.1) is 0 Å². The smallest absolute Gasteiger partial charge is 0.0164 e. The average Bonchev–Trinajstić information content (AvgIpc) is 2.03. The van der Waals surface area contributed by atoms with Gasteiger partial charge in [-0.25, -0.2) is 0 Å². The summed E-state index contributed by atoms with van der Waals surface area (Å²) in [5.74, 6) is 0.817. The molecule has 0 aliphatic rings. The molecule has 0 radical (unpaired) electrons. The molecule has 0 amide bonds. The van der Waals surface area contributed by atoms with E-state index in [1.807, 2.05) is 0 Å². The molecule has 0 rings (SSSR count). The van der Waals surface area contributed by atoms with Crippen LogP contribution in [0.25, 0.3) is 0 Å². The minimum absolute atomic E-state index is 0.448. The molecule has 0 aliphatic heterocycles. The van der Waals surface area contributed by atoms with Crippen LogP contribution >= 0.6 is 0 Å². The van der Waals surface area contributed by atoms with E-state index in [0.29, 0.717) is 12.1 Å². The van der Waals surface area contributed by atoms with Crippen molar-refractivity contribution in [3.8, 4) is 0 Å². The van der Waals surface area contributed by atoms with E-state index in [2.05, 4.69) is 33.0 Å². The molecule has 0 saturated carbocycles. The molecule has 74 valence electrons. The van der Waals surface area contributed by atoms with Gasteiger partial charge in [-0.15, -0.1) is 0 Å². The van der Waals surface area contributed by atoms with Crippen LogP contribution in [0.5, 0.6) is 0 Å². The molecule has 0 aromatic rings. The van der Waals surface area contributed by atoms with E-state index >= 15 is 0 Å². The molecule has 3 unspecified atom stereocenters. The first-order valence-electron chi connectivity index (χ1n) is 5.06. The Labute approximate surface area is 76.9 Å². The van der Waals surface area contributed by atoms with Gasteiger partial charge >= 0.3 is 0 Å². The topological polar surface area (TPSA) is 38.0 Å². The third kappa shape index (κ3) is 5.56. The van der Waals surface area contributed by atoms with Crippen LogP contribution in [0.2, 0.25) is 0 Å². The highest BCUT2D eigenvalue weighted by atomic mass is 15.0. The molecule has 12 heavy (non-hydrogen) atoms. The van der Waals surface area contributed by atoms with Gasteiger partial charge in [-0.2, -0.15) is 0 Å². The zero-order valence-corrected chi connectivity index (χ0v) is 8.93. The van der Waals surface area contributed by atoms with Crippen LogP contribution in [0, 0.1) is 5.92 Å². The first kappa shape index (κ1) is 11.9. The summed E-state index contributed by atoms with van der Waals surface area (Å²) in [4.78, 5) is 0. The van der Waals surface area contributed by atoms with Crippen molar-refractivity contribution in [2.45, 2.75) is 52.6 Å². The largest absolute Gasteiger partial charge is 0.329 e. The molecule has 0 aromatic heterocycles. The summed E-state index contributed by atoms with van der Waals surface area (Å²) < 4.78 is 0. The van der Waals surface area contributed by atoms with Gasteiger partial charge in [0.2, 0.25) is 0 Å². The third-order valence-corrected chi connectivity index (χ3v) is 2.38. The lowest BCUT2D eigenvalue weighted by Gasteiger charge is -2.21. The second kappa shape index (κ2) is 6.44. The Morgan fingerprint density at radius 2 is 1.75 bits per heavy atom. The van der Waals surface area contributed by atoms with Crippen LogP contribution < -0.4 is 11.1 Å². The maximum absolute atomic E-state index is 5.52. The fourth-order valence-electron chi connectivity index (χ4n) is 1.39. The Hall–Kier alpha value is -0.0800. The van der Waals surface area contributed by atoms with Crippen molar-refractivity contribution in [3.63, 3.8) is 0 Å². The minimum atomic E-state index is 0.448. The molecular weight excluding hydrogens is 148 g/mol. The first-order chi connectivity index (χ1) is 5.60. The lowest BCUT2D eigenvalue weighted by Crippen LogP contribution is -2.39. The third-order valence-electron chi connectivity index (χ3n) is 2.38. The SMILES string of the molecule is CCC(C)CC(C)NC(C)CN. The van der Waals surface area contributed by atoms with Crippen LogP contribution in [0.3, 0.4) is 0 Å². The molecule has 0 heterocycles. The number of rotatable bonds is 6. The van der Waals surface area contributed by atoms with Crippen molar-refractivity contribution in [3.05, 3.63) is 0 Å². The minimum Gasteiger partial charge on any atom is -0.329 e. The molecule has 3 N–H and O–H groups in total. The highest BCUT2D eigenvalue weighted by molar-refractivity contribution is 4.69. The van der Waals surface area contributed by atoms with Crippen LogP contribution in [0.4, 0.5) is 0 Å². The monoisotopic (exact) mass is 172 g/mol. The molecule has 0 aromatic carbocycles. The van der Waals surface area contributed by atoms with Crippen molar-refractivity contribution >= 4 is 0 Å². The maximum atomic E-state index is 5.52. The molecule has 0 fully saturated rings. The zero-order valence-electron chi connectivity index (χ0n) is 8.93. The summed E-state index contributed by atoms with van der Waals surface area (Å²) in [5, 5.41) is 3.47. The van der Waals surface area contributed by atoms with Gasteiger partial charge in [-0.05, 0) is 26.2 Å². The highest BCUT2D eigenvalue weighted by Crippen LogP contribution is 2.09. The van der Waals surface area contributed by atoms with E-state index in [1.165, 1.54) is 12.8 Å². The normalized spacial score (nSPS) is 18.8. The highest BCUT2D eigenvalue weighted by Gasteiger charge is 2.08. The van der Waals surface area contributed by atoms with E-state index in [-0.39, 0.29) is 0 Å². The van der Waals surface area contributed by atoms with Crippen molar-refractivity contribution in [1.82, 2.24) is 5.32 Å². The number of nitrogens with one attached hydrogen (secondary N) is 1. The Morgan fingerprint density at radius 1 is 1.17 bits per heavy atom. The van der Waals surface area contributed by atoms with E-state index in [0.717, 1.165) is 12.5 Å². The van der Waals surface area contributed by atoms with Gasteiger partial charge in [0.15, 0.2) is 0 Å². The molecule has 0 bridgehead atoms. The summed E-state index contributed by atoms with van der Waals surface area (Å²) in [5.41, 5.74) is 5.52. The second-order valence-corrected chi connectivity index (χ2v) is 3.95. The summed E-state index contributed by atoms with van der Waals surface area (Å²) in [7, 11) is 0. The Kier molecular flexibility index (Phi) is 6.39. The van der Waals surface area contributed by atoms with Crippen molar-refractivity contribution in [2.75, 3.05) is 6.54 Å². The molecule has 0 saturated heterocycles. The van der Waals surface area contributed by atoms with Crippen molar-refractivity contribution in [1.29, 1.82) is 0 Å². The average molecular weight is 172 g/mol. The Morgan fingerprint density at radius 3 is 2.17 bits per heavy atom. The van der Waals surface area contributed by atoms with E-state index in [1.54, 1.807) is 0 Å². The Balaban J connectivity index is 3.51. The lowest BCUT2D eigenvalue weighted by molar-refractivity contribution is 0.384. The van der Waals surface area contributed by atoms with Crippen molar-refractivity contribution in [2.24, 2.45) is 11.7 Å². The molecule has 0 aliphatic carbocycles. The van der Waals surface area contributed by atoms with E-state index in [9.17, 15) is 0 Å². The van der Waals surface area contributed by atoms with Crippen LogP contribution in [-0.4, -0.2) is 18.6 Å². The number of hydrogen-bond acceptors (Lipinski definition) is 2. The van der Waals surface area contributed by atoms with Crippen LogP contribution in [0.15, 0.2) is 0 Å². The lowest BCUT2D eigenvalue weighted by atomic mass is 10.00. The predicted molar refractivity (Wildman–Crippen MR) is 55.2 cm³/mol. The van der Waals surface area contributed by atoms with Gasteiger partial charge in [-0.1, -0.05) is 20.3 Å². The fourth-order valence-corrected chi connectivity index (χ4v) is 1.39. The van der Waals surface area contributed by atoms with Crippen LogP contribution in [-0.2, 0) is 0 Å². The molecule has 2 heteroatoms. The molecule has 0 spiro atoms. The van der Waals surface area contributed by atoms with Gasteiger partial charge in [0.1, 0.15) is 0 Å². The molecule has 2 nitrogen and oxygen atoms in total. The van der Waals surface area contributed by atoms with Gasteiger partial charge in [-0.3, -0.25) is 0 Å². The predicted octanol–water partition coefficient (Wildman–Crippen LogP) is 1.75. The first-order valence-corrected chi connectivity index (χ1v) is 5.06. The summed E-state index contributed by atoms with van der Waals surface area (Å²) in [6.07, 6.45) is 2.52. The second-order valence-electron chi connectivity index (χ2n) is 3.95. The van der Waals surface area contributed by atoms with Crippen LogP contribution in [0.1, 0.15) is 40.5 Å². The number of nitrogens with two attached hydrogens (primary N) is 1. The van der Waals surface area contributed by atoms with Gasteiger partial charge in [0.25, 0.3) is 0 Å². The molecular formula is C10H24N2. The van der Waals surface area contributed by atoms with Gasteiger partial charge < -0.3 is 11.1 Å². The maximum Gasteiger partial charge on any atom is 0.0164 e. The summed E-state index contributed by atoms with van der Waals surface area (Å²) in [6, 6.07) is 1.04. The quantitative estimate of drug-likeness (QED) is 0.640. The summed E-state index contributed by atoms with van der Waals surface area (Å²) >= 11 is 0. The number of hydrogen-bond donors (Lipinski definition) is 2. The fraction of sp³-hybridized carbons (Fsp3) is 1.00. The zero-order chi connectivity index (χ0) is 9.56. The van der Waals surface area contributed by atoms with E-state index in [4.69, 9.17) is 5.73 Å². The van der Waals surface area contributed by atoms with E-state index < -0.39 is 0 Å². The van der Waals surface area contributed by atoms with Crippen molar-refractivity contribution < 1.29 is 0 Å². The standard InChI is InChI=1S/C10H24N2/c1-5-8(2)6-9(3)12-10(4)7-11/h8-10,12H,5-7,11H2,1-4H3. The summed E-state index contributed by atoms with van der Waals surface area (Å²) in [6.45, 7) is 9.63. The van der Waals surface area contributed by atoms with Gasteiger partial charge in [0, 0.05) is 18.6 Å². The Bertz CT molecular complexity index is 92.0. The molecule has 3 atom stereocenters.